The highest BCUT2D eigenvalue weighted by molar-refractivity contribution is 5.26. The number of aromatic nitrogens is 2. The zero-order valence-electron chi connectivity index (χ0n) is 11.2. The van der Waals surface area contributed by atoms with E-state index in [0.29, 0.717) is 12.1 Å². The summed E-state index contributed by atoms with van der Waals surface area (Å²) in [5.41, 5.74) is 5.40. The maximum absolute atomic E-state index is 4.43. The molecule has 0 spiro atoms. The van der Waals surface area contributed by atoms with Crippen LogP contribution in [-0.4, -0.2) is 27.1 Å². The summed E-state index contributed by atoms with van der Waals surface area (Å²) in [5, 5.41) is 2.29. The normalized spacial score (nSPS) is 25.9. The Morgan fingerprint density at radius 1 is 1.12 bits per heavy atom. The largest absolute Gasteiger partial charge is 0.286 e. The second-order valence-corrected chi connectivity index (χ2v) is 5.12. The van der Waals surface area contributed by atoms with Crippen LogP contribution >= 0.6 is 0 Å². The second-order valence-electron chi connectivity index (χ2n) is 5.12. The quantitative estimate of drug-likeness (QED) is 0.854. The van der Waals surface area contributed by atoms with Gasteiger partial charge < -0.3 is 0 Å². The molecule has 0 amide bonds. The number of piperidine rings is 1. The van der Waals surface area contributed by atoms with Gasteiger partial charge in [-0.2, -0.15) is 0 Å². The highest BCUT2D eigenvalue weighted by atomic mass is 15.6. The maximum Gasteiger partial charge on any atom is 0.237 e. The Morgan fingerprint density at radius 3 is 2.18 bits per heavy atom. The van der Waals surface area contributed by atoms with E-state index in [-0.39, 0.29) is 0 Å². The first-order valence-electron chi connectivity index (χ1n) is 6.43. The third-order valence-corrected chi connectivity index (χ3v) is 3.40. The number of hydrogen-bond donors (Lipinski definition) is 1. The molecule has 2 heterocycles. The van der Waals surface area contributed by atoms with Crippen LogP contribution in [0, 0.1) is 13.8 Å². The monoisotopic (exact) mass is 234 g/mol. The van der Waals surface area contributed by atoms with Gasteiger partial charge in [0.05, 0.1) is 0 Å². The Bertz CT molecular complexity index is 361. The van der Waals surface area contributed by atoms with E-state index < -0.39 is 0 Å². The van der Waals surface area contributed by atoms with Gasteiger partial charge in [-0.1, -0.05) is 6.42 Å². The first kappa shape index (κ1) is 12.3. The topological polar surface area (TPSA) is 41.1 Å². The van der Waals surface area contributed by atoms with Crippen molar-refractivity contribution < 1.29 is 0 Å². The summed E-state index contributed by atoms with van der Waals surface area (Å²) >= 11 is 0. The predicted molar refractivity (Wildman–Crippen MR) is 69.7 cm³/mol. The van der Waals surface area contributed by atoms with Crippen LogP contribution in [0.1, 0.15) is 44.5 Å². The van der Waals surface area contributed by atoms with Gasteiger partial charge in [-0.15, -0.1) is 0 Å². The molecule has 2 atom stereocenters. The lowest BCUT2D eigenvalue weighted by Crippen LogP contribution is -2.47. The van der Waals surface area contributed by atoms with Crippen molar-refractivity contribution in [2.24, 2.45) is 0 Å². The van der Waals surface area contributed by atoms with Gasteiger partial charge in [-0.25, -0.2) is 15.0 Å². The van der Waals surface area contributed by atoms with Crippen molar-refractivity contribution in [1.82, 2.24) is 15.0 Å². The van der Waals surface area contributed by atoms with Gasteiger partial charge in [0.1, 0.15) is 0 Å². The number of hydrogen-bond acceptors (Lipinski definition) is 4. The molecule has 4 heteroatoms. The van der Waals surface area contributed by atoms with Gasteiger partial charge in [-0.05, 0) is 46.6 Å². The molecular weight excluding hydrogens is 212 g/mol. The zero-order chi connectivity index (χ0) is 12.4. The molecule has 0 bridgehead atoms. The number of hydrazine groups is 1. The van der Waals surface area contributed by atoms with Crippen molar-refractivity contribution in [1.29, 1.82) is 0 Å². The van der Waals surface area contributed by atoms with Gasteiger partial charge in [-0.3, -0.25) is 5.43 Å². The Morgan fingerprint density at radius 2 is 1.65 bits per heavy atom. The minimum Gasteiger partial charge on any atom is -0.286 e. The van der Waals surface area contributed by atoms with Gasteiger partial charge >= 0.3 is 0 Å². The summed E-state index contributed by atoms with van der Waals surface area (Å²) in [4.78, 5) is 8.87. The Balaban J connectivity index is 2.13. The van der Waals surface area contributed by atoms with E-state index in [9.17, 15) is 0 Å². The lowest BCUT2D eigenvalue weighted by Gasteiger charge is -2.38. The van der Waals surface area contributed by atoms with Crippen molar-refractivity contribution in [2.45, 2.75) is 59.0 Å². The Hall–Kier alpha value is -1.16. The molecule has 94 valence electrons. The summed E-state index contributed by atoms with van der Waals surface area (Å²) in [6.45, 7) is 8.52. The van der Waals surface area contributed by atoms with Gasteiger partial charge in [0.2, 0.25) is 5.95 Å². The summed E-state index contributed by atoms with van der Waals surface area (Å²) in [6.07, 6.45) is 3.79. The highest BCUT2D eigenvalue weighted by Crippen LogP contribution is 2.22. The summed E-state index contributed by atoms with van der Waals surface area (Å²) in [6, 6.07) is 3.08. The minimum atomic E-state index is 0.545. The van der Waals surface area contributed by atoms with Crippen molar-refractivity contribution in [3.63, 3.8) is 0 Å². The van der Waals surface area contributed by atoms with Crippen molar-refractivity contribution >= 4 is 5.95 Å². The predicted octanol–water partition coefficient (Wildman–Crippen LogP) is 2.68. The standard InChI is InChI=1S/C13H22N4/c1-9-8-10(2)15-13(14-9)16-17-11(3)6-5-7-12(17)4/h8,11-12H,5-7H2,1-4H3,(H,14,15,16). The molecule has 1 aromatic heterocycles. The van der Waals surface area contributed by atoms with Crippen LogP contribution < -0.4 is 5.43 Å². The molecule has 1 aliphatic rings. The molecule has 0 radical (unpaired) electrons. The SMILES string of the molecule is Cc1cc(C)nc(NN2C(C)CCCC2C)n1. The van der Waals surface area contributed by atoms with E-state index in [1.54, 1.807) is 0 Å². The lowest BCUT2D eigenvalue weighted by atomic mass is 10.00. The zero-order valence-corrected chi connectivity index (χ0v) is 11.2. The van der Waals surface area contributed by atoms with Crippen LogP contribution in [-0.2, 0) is 0 Å². The smallest absolute Gasteiger partial charge is 0.237 e. The molecule has 0 saturated carbocycles. The van der Waals surface area contributed by atoms with E-state index >= 15 is 0 Å². The molecule has 1 saturated heterocycles. The number of nitrogens with one attached hydrogen (secondary N) is 1. The summed E-state index contributed by atoms with van der Waals surface area (Å²) < 4.78 is 0. The molecule has 17 heavy (non-hydrogen) atoms. The number of nitrogens with zero attached hydrogens (tertiary/aromatic N) is 3. The maximum atomic E-state index is 4.43. The van der Waals surface area contributed by atoms with E-state index in [0.717, 1.165) is 17.3 Å². The van der Waals surface area contributed by atoms with E-state index in [4.69, 9.17) is 0 Å². The molecule has 2 rings (SSSR count). The highest BCUT2D eigenvalue weighted by Gasteiger charge is 2.25. The third-order valence-electron chi connectivity index (χ3n) is 3.40. The molecule has 2 unspecified atom stereocenters. The molecular formula is C13H22N4. The van der Waals surface area contributed by atoms with Crippen LogP contribution in [0.15, 0.2) is 6.07 Å². The van der Waals surface area contributed by atoms with Crippen LogP contribution in [0.3, 0.4) is 0 Å². The molecule has 1 aliphatic heterocycles. The van der Waals surface area contributed by atoms with Crippen LogP contribution in [0.25, 0.3) is 0 Å². The fourth-order valence-corrected chi connectivity index (χ4v) is 2.53. The molecule has 1 aromatic rings. The van der Waals surface area contributed by atoms with Crippen LogP contribution in [0.4, 0.5) is 5.95 Å². The van der Waals surface area contributed by atoms with Crippen molar-refractivity contribution in [3.05, 3.63) is 17.5 Å². The van der Waals surface area contributed by atoms with Crippen molar-refractivity contribution in [3.8, 4) is 0 Å². The molecule has 1 fully saturated rings. The van der Waals surface area contributed by atoms with Crippen molar-refractivity contribution in [2.75, 3.05) is 5.43 Å². The fraction of sp³-hybridized carbons (Fsp3) is 0.692. The molecule has 4 nitrogen and oxygen atoms in total. The van der Waals surface area contributed by atoms with E-state index in [1.807, 2.05) is 19.9 Å². The van der Waals surface area contributed by atoms with E-state index in [1.165, 1.54) is 19.3 Å². The number of anilines is 1. The lowest BCUT2D eigenvalue weighted by molar-refractivity contribution is 0.134. The Labute approximate surface area is 103 Å². The molecule has 0 aromatic carbocycles. The summed E-state index contributed by atoms with van der Waals surface area (Å²) in [5.74, 6) is 0.725. The first-order valence-corrected chi connectivity index (χ1v) is 6.43. The van der Waals surface area contributed by atoms with Gasteiger partial charge in [0, 0.05) is 23.5 Å². The Kier molecular flexibility index (Phi) is 3.62. The third kappa shape index (κ3) is 2.94. The van der Waals surface area contributed by atoms with Crippen LogP contribution in [0.2, 0.25) is 0 Å². The number of aryl methyl sites for hydroxylation is 2. The average molecular weight is 234 g/mol. The minimum absolute atomic E-state index is 0.545. The summed E-state index contributed by atoms with van der Waals surface area (Å²) in [7, 11) is 0. The van der Waals surface area contributed by atoms with Gasteiger partial charge in [0.15, 0.2) is 0 Å². The molecule has 1 N–H and O–H groups in total. The van der Waals surface area contributed by atoms with Gasteiger partial charge in [0.25, 0.3) is 0 Å². The average Bonchev–Trinajstić information content (AvgIpc) is 2.22. The second kappa shape index (κ2) is 5.00. The molecule has 0 aliphatic carbocycles. The van der Waals surface area contributed by atoms with Crippen LogP contribution in [0.5, 0.6) is 0 Å². The number of rotatable bonds is 2. The first-order chi connectivity index (χ1) is 8.06. The fourth-order valence-electron chi connectivity index (χ4n) is 2.53. The van der Waals surface area contributed by atoms with E-state index in [2.05, 4.69) is 34.3 Å².